The summed E-state index contributed by atoms with van der Waals surface area (Å²) in [4.78, 5) is 8.66. The highest BCUT2D eigenvalue weighted by Crippen LogP contribution is 2.31. The molecule has 0 bridgehead atoms. The fourth-order valence-electron chi connectivity index (χ4n) is 2.27. The normalized spacial score (nSPS) is 10.5. The second-order valence-electron chi connectivity index (χ2n) is 5.22. The molecule has 0 aliphatic rings. The van der Waals surface area contributed by atoms with Crippen molar-refractivity contribution in [2.45, 2.75) is 0 Å². The molecule has 5 N–H and O–H groups in total. The monoisotopic (exact) mass is 359 g/mol. The van der Waals surface area contributed by atoms with Crippen molar-refractivity contribution < 1.29 is 9.13 Å². The summed E-state index contributed by atoms with van der Waals surface area (Å²) in [6, 6.07) is 11.0. The zero-order valence-electron chi connectivity index (χ0n) is 13.3. The maximum Gasteiger partial charge on any atom is 0.167 e. The molecule has 0 spiro atoms. The summed E-state index contributed by atoms with van der Waals surface area (Å²) in [6.07, 6.45) is 0. The smallest absolute Gasteiger partial charge is 0.167 e. The van der Waals surface area contributed by atoms with Gasteiger partial charge in [0.25, 0.3) is 0 Å². The number of nitrogens with two attached hydrogens (primary N) is 2. The van der Waals surface area contributed by atoms with Crippen LogP contribution in [0, 0.1) is 5.82 Å². The van der Waals surface area contributed by atoms with Crippen LogP contribution in [-0.4, -0.2) is 17.1 Å². The van der Waals surface area contributed by atoms with E-state index in [0.29, 0.717) is 34.3 Å². The van der Waals surface area contributed by atoms with Gasteiger partial charge < -0.3 is 21.5 Å². The van der Waals surface area contributed by atoms with Gasteiger partial charge in [-0.1, -0.05) is 11.6 Å². The van der Waals surface area contributed by atoms with Crippen LogP contribution in [0.25, 0.3) is 11.4 Å². The van der Waals surface area contributed by atoms with Crippen molar-refractivity contribution in [1.29, 1.82) is 0 Å². The molecule has 3 rings (SSSR count). The molecule has 0 saturated heterocycles. The molecule has 0 amide bonds. The number of nitrogens with zero attached hydrogens (tertiary/aromatic N) is 2. The van der Waals surface area contributed by atoms with Gasteiger partial charge in [0.05, 0.1) is 17.7 Å². The highest BCUT2D eigenvalue weighted by Gasteiger charge is 2.12. The predicted molar refractivity (Wildman–Crippen MR) is 97.5 cm³/mol. The third-order valence-corrected chi connectivity index (χ3v) is 3.69. The van der Waals surface area contributed by atoms with Gasteiger partial charge in [-0.05, 0) is 36.4 Å². The Labute approximate surface area is 148 Å². The Morgan fingerprint density at radius 3 is 2.60 bits per heavy atom. The van der Waals surface area contributed by atoms with E-state index in [0.717, 1.165) is 0 Å². The van der Waals surface area contributed by atoms with Crippen molar-refractivity contribution in [3.63, 3.8) is 0 Å². The molecule has 1 heterocycles. The molecule has 2 aromatic carbocycles. The third-order valence-electron chi connectivity index (χ3n) is 3.40. The molecule has 128 valence electrons. The van der Waals surface area contributed by atoms with Crippen molar-refractivity contribution in [3.8, 4) is 17.1 Å². The highest BCUT2D eigenvalue weighted by atomic mass is 35.5. The fourth-order valence-corrected chi connectivity index (χ4v) is 2.45. The van der Waals surface area contributed by atoms with Gasteiger partial charge in [-0.3, -0.25) is 0 Å². The van der Waals surface area contributed by atoms with Crippen LogP contribution in [-0.2, 0) is 0 Å². The first kappa shape index (κ1) is 16.8. The van der Waals surface area contributed by atoms with Crippen LogP contribution in [0.3, 0.4) is 0 Å². The Balaban J connectivity index is 2.01. The fraction of sp³-hybridized carbons (Fsp3) is 0.0588. The molecule has 0 atom stereocenters. The number of ether oxygens (including phenoxy) is 1. The summed E-state index contributed by atoms with van der Waals surface area (Å²) in [7, 11) is 1.54. The van der Waals surface area contributed by atoms with Crippen molar-refractivity contribution in [2.24, 2.45) is 0 Å². The van der Waals surface area contributed by atoms with E-state index in [1.165, 1.54) is 12.1 Å². The summed E-state index contributed by atoms with van der Waals surface area (Å²) in [5.41, 5.74) is 13.4. The van der Waals surface area contributed by atoms with Crippen molar-refractivity contribution in [2.75, 3.05) is 23.9 Å². The number of aromatic nitrogens is 2. The van der Waals surface area contributed by atoms with Crippen LogP contribution in [0.1, 0.15) is 0 Å². The molecule has 8 heteroatoms. The lowest BCUT2D eigenvalue weighted by molar-refractivity contribution is 0.416. The summed E-state index contributed by atoms with van der Waals surface area (Å²) >= 11 is 5.79. The number of methoxy groups -OCH3 is 1. The van der Waals surface area contributed by atoms with Gasteiger partial charge >= 0.3 is 0 Å². The van der Waals surface area contributed by atoms with Crippen molar-refractivity contribution in [3.05, 3.63) is 53.3 Å². The first-order valence-corrected chi connectivity index (χ1v) is 7.64. The van der Waals surface area contributed by atoms with Crippen LogP contribution in [0.4, 0.5) is 27.4 Å². The largest absolute Gasteiger partial charge is 0.496 e. The first-order valence-electron chi connectivity index (χ1n) is 7.27. The van der Waals surface area contributed by atoms with Crippen LogP contribution < -0.4 is 21.5 Å². The van der Waals surface area contributed by atoms with E-state index in [-0.39, 0.29) is 10.8 Å². The molecule has 0 aliphatic heterocycles. The average molecular weight is 360 g/mol. The maximum atomic E-state index is 13.3. The molecule has 6 nitrogen and oxygen atoms in total. The first-order chi connectivity index (χ1) is 12.0. The molecule has 25 heavy (non-hydrogen) atoms. The summed E-state index contributed by atoms with van der Waals surface area (Å²) < 4.78 is 18.6. The minimum Gasteiger partial charge on any atom is -0.496 e. The quantitative estimate of drug-likeness (QED) is 0.612. The zero-order valence-corrected chi connectivity index (χ0v) is 14.0. The van der Waals surface area contributed by atoms with E-state index in [4.69, 9.17) is 27.8 Å². The van der Waals surface area contributed by atoms with Gasteiger partial charge in [0.2, 0.25) is 0 Å². The van der Waals surface area contributed by atoms with Crippen LogP contribution >= 0.6 is 11.6 Å². The Morgan fingerprint density at radius 2 is 1.88 bits per heavy atom. The number of nitrogen functional groups attached to an aromatic ring is 2. The zero-order chi connectivity index (χ0) is 18.0. The van der Waals surface area contributed by atoms with Crippen LogP contribution in [0.5, 0.6) is 5.75 Å². The average Bonchev–Trinajstić information content (AvgIpc) is 2.57. The lowest BCUT2D eigenvalue weighted by Crippen LogP contribution is -2.02. The number of nitrogens with one attached hydrogen (secondary N) is 1. The molecule has 3 aromatic rings. The van der Waals surface area contributed by atoms with E-state index in [1.54, 1.807) is 37.4 Å². The van der Waals surface area contributed by atoms with Gasteiger partial charge in [0, 0.05) is 17.4 Å². The van der Waals surface area contributed by atoms with Crippen molar-refractivity contribution in [1.82, 2.24) is 9.97 Å². The number of anilines is 4. The summed E-state index contributed by atoms with van der Waals surface area (Å²) in [5, 5.41) is 3.03. The predicted octanol–water partition coefficient (Wildman–Crippen LogP) is 3.85. The van der Waals surface area contributed by atoms with Gasteiger partial charge in [-0.2, -0.15) is 0 Å². The van der Waals surface area contributed by atoms with E-state index in [1.807, 2.05) is 0 Å². The lowest BCUT2D eigenvalue weighted by Gasteiger charge is -2.11. The van der Waals surface area contributed by atoms with Gasteiger partial charge in [0.1, 0.15) is 23.2 Å². The Morgan fingerprint density at radius 1 is 1.08 bits per heavy atom. The second kappa shape index (κ2) is 6.82. The number of hydrogen-bond donors (Lipinski definition) is 3. The third kappa shape index (κ3) is 3.72. The Bertz CT molecular complexity index is 935. The van der Waals surface area contributed by atoms with Gasteiger partial charge in [-0.25, -0.2) is 14.4 Å². The topological polar surface area (TPSA) is 99.1 Å². The highest BCUT2D eigenvalue weighted by molar-refractivity contribution is 6.31. The summed E-state index contributed by atoms with van der Waals surface area (Å²) in [5.74, 6) is 1.09. The lowest BCUT2D eigenvalue weighted by atomic mass is 10.1. The molecule has 0 fully saturated rings. The van der Waals surface area contributed by atoms with E-state index < -0.39 is 5.82 Å². The molecule has 1 aromatic heterocycles. The SMILES string of the molecule is COc1ccc(N)cc1-c1nc(N)cc(Nc2ccc(F)c(Cl)c2)n1. The standard InChI is InChI=1S/C17H15ClFN5O/c1-25-14-5-2-9(20)6-11(14)17-23-15(21)8-16(24-17)22-10-3-4-13(19)12(18)7-10/h2-8H,20H2,1H3,(H3,21,22,23,24). The van der Waals surface area contributed by atoms with Gasteiger partial charge in [0.15, 0.2) is 5.82 Å². The van der Waals surface area contributed by atoms with Crippen LogP contribution in [0.2, 0.25) is 5.02 Å². The molecule has 0 aliphatic carbocycles. The van der Waals surface area contributed by atoms with E-state index >= 15 is 0 Å². The molecular formula is C17H15ClFN5O. The van der Waals surface area contributed by atoms with E-state index in [9.17, 15) is 4.39 Å². The Kier molecular flexibility index (Phi) is 4.58. The minimum absolute atomic E-state index is 0.00440. The molecule has 0 unspecified atom stereocenters. The van der Waals surface area contributed by atoms with Crippen molar-refractivity contribution >= 4 is 34.6 Å². The summed E-state index contributed by atoms with van der Waals surface area (Å²) in [6.45, 7) is 0. The molecule has 0 radical (unpaired) electrons. The number of hydrogen-bond acceptors (Lipinski definition) is 6. The van der Waals surface area contributed by atoms with Crippen LogP contribution in [0.15, 0.2) is 42.5 Å². The maximum absolute atomic E-state index is 13.3. The number of benzene rings is 2. The van der Waals surface area contributed by atoms with E-state index in [2.05, 4.69) is 15.3 Å². The minimum atomic E-state index is -0.500. The second-order valence-corrected chi connectivity index (χ2v) is 5.62. The number of rotatable bonds is 4. The van der Waals surface area contributed by atoms with Gasteiger partial charge in [-0.15, -0.1) is 0 Å². The molecular weight excluding hydrogens is 345 g/mol. The Hall–Kier alpha value is -3.06. The number of halogens is 2. The molecule has 0 saturated carbocycles.